The van der Waals surface area contributed by atoms with E-state index in [1.165, 1.54) is 25.7 Å². The number of nitrogens with one attached hydrogen (secondary N) is 2. The molecular formula is C20H40IN5O. The SMILES string of the molecule is CCNC(=NCCCCN1CCC(C(N)=O)CC1)NC1CCC(C)CC1.I. The first-order valence-corrected chi connectivity index (χ1v) is 10.6. The maximum Gasteiger partial charge on any atom is 0.220 e. The highest BCUT2D eigenvalue weighted by Crippen LogP contribution is 2.23. The lowest BCUT2D eigenvalue weighted by Gasteiger charge is -2.30. The van der Waals surface area contributed by atoms with Gasteiger partial charge in [0, 0.05) is 25.0 Å². The van der Waals surface area contributed by atoms with Crippen molar-refractivity contribution < 1.29 is 4.79 Å². The lowest BCUT2D eigenvalue weighted by molar-refractivity contribution is -0.123. The highest BCUT2D eigenvalue weighted by molar-refractivity contribution is 14.0. The van der Waals surface area contributed by atoms with E-state index in [0.29, 0.717) is 6.04 Å². The Morgan fingerprint density at radius 3 is 2.37 bits per heavy atom. The van der Waals surface area contributed by atoms with Crippen LogP contribution in [0.4, 0.5) is 0 Å². The first-order valence-electron chi connectivity index (χ1n) is 10.6. The molecule has 0 bridgehead atoms. The van der Waals surface area contributed by atoms with Crippen LogP contribution in [0.15, 0.2) is 4.99 Å². The minimum atomic E-state index is -0.130. The summed E-state index contributed by atoms with van der Waals surface area (Å²) in [5.41, 5.74) is 5.39. The van der Waals surface area contributed by atoms with Crippen LogP contribution in [0.25, 0.3) is 0 Å². The topological polar surface area (TPSA) is 82.8 Å². The van der Waals surface area contributed by atoms with Gasteiger partial charge in [0.1, 0.15) is 0 Å². The molecule has 1 saturated carbocycles. The summed E-state index contributed by atoms with van der Waals surface area (Å²) >= 11 is 0. The van der Waals surface area contributed by atoms with Crippen molar-refractivity contribution in [2.75, 3.05) is 32.7 Å². The predicted molar refractivity (Wildman–Crippen MR) is 124 cm³/mol. The number of amides is 1. The molecule has 158 valence electrons. The average molecular weight is 493 g/mol. The number of guanidine groups is 1. The highest BCUT2D eigenvalue weighted by Gasteiger charge is 2.22. The molecule has 1 aliphatic heterocycles. The molecule has 2 fully saturated rings. The van der Waals surface area contributed by atoms with E-state index in [0.717, 1.165) is 70.3 Å². The van der Waals surface area contributed by atoms with Crippen LogP contribution in [0.3, 0.4) is 0 Å². The van der Waals surface area contributed by atoms with Gasteiger partial charge >= 0.3 is 0 Å². The fraction of sp³-hybridized carbons (Fsp3) is 0.900. The second kappa shape index (κ2) is 13.6. The number of rotatable bonds is 8. The van der Waals surface area contributed by atoms with E-state index < -0.39 is 0 Å². The van der Waals surface area contributed by atoms with Crippen LogP contribution in [-0.2, 0) is 4.79 Å². The number of halogens is 1. The largest absolute Gasteiger partial charge is 0.369 e. The van der Waals surface area contributed by atoms with Crippen molar-refractivity contribution in [1.82, 2.24) is 15.5 Å². The summed E-state index contributed by atoms with van der Waals surface area (Å²) in [5, 5.41) is 7.00. The Kier molecular flexibility index (Phi) is 12.3. The van der Waals surface area contributed by atoms with E-state index in [-0.39, 0.29) is 35.8 Å². The zero-order valence-electron chi connectivity index (χ0n) is 17.2. The third-order valence-corrected chi connectivity index (χ3v) is 5.84. The van der Waals surface area contributed by atoms with Gasteiger partial charge in [-0.2, -0.15) is 0 Å². The second-order valence-corrected chi connectivity index (χ2v) is 8.09. The number of nitrogens with zero attached hydrogens (tertiary/aromatic N) is 2. The molecule has 0 atom stereocenters. The van der Waals surface area contributed by atoms with Crippen LogP contribution >= 0.6 is 24.0 Å². The normalized spacial score (nSPS) is 24.9. The van der Waals surface area contributed by atoms with Gasteiger partial charge in [0.25, 0.3) is 0 Å². The summed E-state index contributed by atoms with van der Waals surface area (Å²) in [6, 6.07) is 0.579. The molecule has 1 aliphatic carbocycles. The minimum absolute atomic E-state index is 0. The smallest absolute Gasteiger partial charge is 0.220 e. The van der Waals surface area contributed by atoms with E-state index in [2.05, 4.69) is 29.4 Å². The van der Waals surface area contributed by atoms with Crippen molar-refractivity contribution >= 4 is 35.8 Å². The van der Waals surface area contributed by atoms with Gasteiger partial charge in [-0.3, -0.25) is 9.79 Å². The predicted octanol–water partition coefficient (Wildman–Crippen LogP) is 2.72. The van der Waals surface area contributed by atoms with E-state index in [9.17, 15) is 4.79 Å². The van der Waals surface area contributed by atoms with Gasteiger partial charge in [-0.1, -0.05) is 6.92 Å². The van der Waals surface area contributed by atoms with Crippen molar-refractivity contribution in [1.29, 1.82) is 0 Å². The monoisotopic (exact) mass is 493 g/mol. The summed E-state index contributed by atoms with van der Waals surface area (Å²) in [6.07, 6.45) is 9.26. The van der Waals surface area contributed by atoms with Crippen molar-refractivity contribution in [2.24, 2.45) is 22.6 Å². The van der Waals surface area contributed by atoms with Gasteiger partial charge in [-0.05, 0) is 83.8 Å². The molecule has 0 aromatic heterocycles. The summed E-state index contributed by atoms with van der Waals surface area (Å²) in [6.45, 7) is 9.36. The molecule has 4 N–H and O–H groups in total. The second-order valence-electron chi connectivity index (χ2n) is 8.09. The molecule has 6 nitrogen and oxygen atoms in total. The van der Waals surface area contributed by atoms with E-state index in [4.69, 9.17) is 10.7 Å². The standard InChI is InChI=1S/C20H39N5O.HI/c1-3-22-20(24-18-8-6-16(2)7-9-18)23-12-4-5-13-25-14-10-17(11-15-25)19(21)26;/h16-18H,3-15H2,1-2H3,(H2,21,26)(H2,22,23,24);1H. The fourth-order valence-electron chi connectivity index (χ4n) is 4.00. The maximum atomic E-state index is 11.2. The molecule has 1 saturated heterocycles. The number of hydrogen-bond donors (Lipinski definition) is 3. The Hall–Kier alpha value is -0.570. The number of hydrogen-bond acceptors (Lipinski definition) is 3. The number of unbranched alkanes of at least 4 members (excludes halogenated alkanes) is 1. The quantitative estimate of drug-likeness (QED) is 0.210. The van der Waals surface area contributed by atoms with Crippen molar-refractivity contribution in [3.8, 4) is 0 Å². The third kappa shape index (κ3) is 9.45. The number of primary amides is 1. The van der Waals surface area contributed by atoms with E-state index in [1.54, 1.807) is 0 Å². The fourth-order valence-corrected chi connectivity index (χ4v) is 4.00. The maximum absolute atomic E-state index is 11.2. The molecular weight excluding hydrogens is 453 g/mol. The first-order chi connectivity index (χ1) is 12.6. The Bertz CT molecular complexity index is 444. The van der Waals surface area contributed by atoms with Crippen LogP contribution < -0.4 is 16.4 Å². The molecule has 1 heterocycles. The number of likely N-dealkylation sites (tertiary alicyclic amines) is 1. The average Bonchev–Trinajstić information content (AvgIpc) is 2.64. The van der Waals surface area contributed by atoms with E-state index in [1.807, 2.05) is 0 Å². The summed E-state index contributed by atoms with van der Waals surface area (Å²) in [4.78, 5) is 18.4. The lowest BCUT2D eigenvalue weighted by Crippen LogP contribution is -2.44. The zero-order chi connectivity index (χ0) is 18.8. The van der Waals surface area contributed by atoms with Crippen molar-refractivity contribution in [3.63, 3.8) is 0 Å². The summed E-state index contributed by atoms with van der Waals surface area (Å²) in [5.74, 6) is 1.82. The first kappa shape index (κ1) is 24.5. The number of piperidine rings is 1. The molecule has 1 amide bonds. The van der Waals surface area contributed by atoms with Crippen LogP contribution in [0, 0.1) is 11.8 Å². The Balaban J connectivity index is 0.00000364. The number of carbonyl (C=O) groups is 1. The Morgan fingerprint density at radius 1 is 1.11 bits per heavy atom. The molecule has 27 heavy (non-hydrogen) atoms. The molecule has 0 radical (unpaired) electrons. The number of aliphatic imine (C=N–C) groups is 1. The molecule has 2 rings (SSSR count). The van der Waals surface area contributed by atoms with Crippen LogP contribution in [0.2, 0.25) is 0 Å². The van der Waals surface area contributed by atoms with Gasteiger partial charge in [-0.25, -0.2) is 0 Å². The zero-order valence-corrected chi connectivity index (χ0v) is 19.5. The lowest BCUT2D eigenvalue weighted by atomic mass is 9.87. The molecule has 2 aliphatic rings. The molecule has 0 spiro atoms. The number of carbonyl (C=O) groups excluding carboxylic acids is 1. The van der Waals surface area contributed by atoms with Gasteiger partial charge < -0.3 is 21.3 Å². The van der Waals surface area contributed by atoms with Crippen LogP contribution in [0.5, 0.6) is 0 Å². The molecule has 0 aromatic carbocycles. The molecule has 0 aromatic rings. The Labute approximate surface area is 182 Å². The van der Waals surface area contributed by atoms with Gasteiger partial charge in [0.05, 0.1) is 0 Å². The van der Waals surface area contributed by atoms with Crippen LogP contribution in [-0.4, -0.2) is 55.5 Å². The summed E-state index contributed by atoms with van der Waals surface area (Å²) < 4.78 is 0. The summed E-state index contributed by atoms with van der Waals surface area (Å²) in [7, 11) is 0. The highest BCUT2D eigenvalue weighted by atomic mass is 127. The van der Waals surface area contributed by atoms with Gasteiger partial charge in [0.2, 0.25) is 5.91 Å². The Morgan fingerprint density at radius 2 is 1.78 bits per heavy atom. The van der Waals surface area contributed by atoms with Crippen molar-refractivity contribution in [2.45, 2.75) is 71.3 Å². The van der Waals surface area contributed by atoms with Gasteiger partial charge in [0.15, 0.2) is 5.96 Å². The van der Waals surface area contributed by atoms with E-state index >= 15 is 0 Å². The third-order valence-electron chi connectivity index (χ3n) is 5.84. The number of nitrogens with two attached hydrogens (primary N) is 1. The van der Waals surface area contributed by atoms with Gasteiger partial charge in [-0.15, -0.1) is 24.0 Å². The minimum Gasteiger partial charge on any atom is -0.369 e. The van der Waals surface area contributed by atoms with Crippen molar-refractivity contribution in [3.05, 3.63) is 0 Å². The molecule has 0 unspecified atom stereocenters. The van der Waals surface area contributed by atoms with Crippen LogP contribution in [0.1, 0.15) is 65.2 Å². The molecule has 7 heteroatoms.